The largest absolute Gasteiger partial charge is 0.480 e. The zero-order valence-corrected chi connectivity index (χ0v) is 14.1. The van der Waals surface area contributed by atoms with E-state index in [1.165, 1.54) is 0 Å². The van der Waals surface area contributed by atoms with Crippen LogP contribution < -0.4 is 0 Å². The molecule has 2 amide bonds. The fourth-order valence-corrected chi connectivity index (χ4v) is 4.54. The van der Waals surface area contributed by atoms with Gasteiger partial charge in [0, 0.05) is 18.8 Å². The van der Waals surface area contributed by atoms with Crippen LogP contribution in [0.4, 0.5) is 4.79 Å². The van der Waals surface area contributed by atoms with Crippen molar-refractivity contribution in [2.24, 2.45) is 11.8 Å². The number of carboxylic acids is 1. The zero-order chi connectivity index (χ0) is 15.7. The SMILES string of the molecule is CC(C)CC(C)N(C)C(=O)N1C(C(=O)O)CSC1C1CC1. The average Bonchev–Trinajstić information content (AvgIpc) is 3.14. The maximum atomic E-state index is 12.8. The Morgan fingerprint density at radius 3 is 2.43 bits per heavy atom. The van der Waals surface area contributed by atoms with Gasteiger partial charge in [-0.15, -0.1) is 11.8 Å². The van der Waals surface area contributed by atoms with Crippen LogP contribution in [0.2, 0.25) is 0 Å². The van der Waals surface area contributed by atoms with Crippen LogP contribution >= 0.6 is 11.8 Å². The summed E-state index contributed by atoms with van der Waals surface area (Å²) in [7, 11) is 1.79. The van der Waals surface area contributed by atoms with Crippen molar-refractivity contribution in [1.29, 1.82) is 0 Å². The van der Waals surface area contributed by atoms with Gasteiger partial charge in [-0.05, 0) is 38.0 Å². The van der Waals surface area contributed by atoms with E-state index in [0.29, 0.717) is 17.6 Å². The molecule has 2 fully saturated rings. The fourth-order valence-electron chi connectivity index (χ4n) is 2.92. The second kappa shape index (κ2) is 6.46. The molecule has 1 saturated carbocycles. The standard InChI is InChI=1S/C15H26N2O3S/c1-9(2)7-10(3)16(4)15(20)17-12(14(18)19)8-21-13(17)11-5-6-11/h9-13H,5-8H2,1-4H3,(H,18,19). The Balaban J connectivity index is 2.10. The summed E-state index contributed by atoms with van der Waals surface area (Å²) in [6.07, 6.45) is 3.15. The van der Waals surface area contributed by atoms with Crippen molar-refractivity contribution in [2.45, 2.75) is 57.5 Å². The molecule has 1 heterocycles. The fraction of sp³-hybridized carbons (Fsp3) is 0.867. The Labute approximate surface area is 131 Å². The molecule has 0 aromatic carbocycles. The first-order valence-electron chi connectivity index (χ1n) is 7.72. The summed E-state index contributed by atoms with van der Waals surface area (Å²) in [6.45, 7) is 6.30. The Morgan fingerprint density at radius 2 is 1.95 bits per heavy atom. The molecule has 0 spiro atoms. The highest BCUT2D eigenvalue weighted by atomic mass is 32.2. The number of urea groups is 1. The minimum Gasteiger partial charge on any atom is -0.480 e. The minimum atomic E-state index is -0.885. The highest BCUT2D eigenvalue weighted by Gasteiger charge is 2.49. The molecule has 0 bridgehead atoms. The smallest absolute Gasteiger partial charge is 0.327 e. The van der Waals surface area contributed by atoms with E-state index in [2.05, 4.69) is 13.8 Å². The third-order valence-electron chi connectivity index (χ3n) is 4.34. The third kappa shape index (κ3) is 3.65. The number of amides is 2. The normalized spacial score (nSPS) is 27.0. The van der Waals surface area contributed by atoms with Gasteiger partial charge < -0.3 is 10.0 Å². The molecule has 1 aliphatic carbocycles. The Kier molecular flexibility index (Phi) is 5.07. The predicted octanol–water partition coefficient (Wildman–Crippen LogP) is 2.71. The topological polar surface area (TPSA) is 60.9 Å². The van der Waals surface area contributed by atoms with E-state index in [-0.39, 0.29) is 17.4 Å². The number of hydrogen-bond acceptors (Lipinski definition) is 3. The van der Waals surface area contributed by atoms with Crippen LogP contribution in [0.5, 0.6) is 0 Å². The van der Waals surface area contributed by atoms with Gasteiger partial charge in [-0.1, -0.05) is 13.8 Å². The second-order valence-corrected chi connectivity index (χ2v) is 7.84. The molecule has 6 heteroatoms. The van der Waals surface area contributed by atoms with Gasteiger partial charge in [0.2, 0.25) is 0 Å². The van der Waals surface area contributed by atoms with Crippen molar-refractivity contribution in [3.63, 3.8) is 0 Å². The van der Waals surface area contributed by atoms with Crippen molar-refractivity contribution in [2.75, 3.05) is 12.8 Å². The lowest BCUT2D eigenvalue weighted by Gasteiger charge is -2.35. The summed E-state index contributed by atoms with van der Waals surface area (Å²) < 4.78 is 0. The van der Waals surface area contributed by atoms with Crippen LogP contribution in [0.1, 0.15) is 40.0 Å². The summed E-state index contributed by atoms with van der Waals surface area (Å²) in [5.41, 5.74) is 0. The molecule has 3 unspecified atom stereocenters. The molecule has 5 nitrogen and oxygen atoms in total. The van der Waals surface area contributed by atoms with E-state index < -0.39 is 12.0 Å². The molecular weight excluding hydrogens is 288 g/mol. The van der Waals surface area contributed by atoms with Crippen LogP contribution in [0.25, 0.3) is 0 Å². The lowest BCUT2D eigenvalue weighted by molar-refractivity contribution is -0.141. The summed E-state index contributed by atoms with van der Waals surface area (Å²) in [5.74, 6) is 0.618. The molecule has 120 valence electrons. The summed E-state index contributed by atoms with van der Waals surface area (Å²) >= 11 is 1.63. The van der Waals surface area contributed by atoms with E-state index >= 15 is 0 Å². The zero-order valence-electron chi connectivity index (χ0n) is 13.3. The number of carbonyl (C=O) groups is 2. The number of aliphatic carboxylic acids is 1. The molecule has 1 saturated heterocycles. The van der Waals surface area contributed by atoms with E-state index in [1.54, 1.807) is 28.6 Å². The van der Waals surface area contributed by atoms with Gasteiger partial charge in [0.05, 0.1) is 5.37 Å². The summed E-state index contributed by atoms with van der Waals surface area (Å²) in [6, 6.07) is -0.684. The number of carboxylic acid groups (broad SMARTS) is 1. The van der Waals surface area contributed by atoms with Crippen LogP contribution in [0.15, 0.2) is 0 Å². The number of rotatable bonds is 5. The maximum absolute atomic E-state index is 12.8. The Morgan fingerprint density at radius 1 is 1.33 bits per heavy atom. The summed E-state index contributed by atoms with van der Waals surface area (Å²) in [5, 5.41) is 9.44. The molecule has 3 atom stereocenters. The van der Waals surface area contributed by atoms with Crippen molar-refractivity contribution in [3.8, 4) is 0 Å². The Bertz CT molecular complexity index is 412. The van der Waals surface area contributed by atoms with Gasteiger partial charge in [-0.3, -0.25) is 4.90 Å². The van der Waals surface area contributed by atoms with E-state index in [4.69, 9.17) is 0 Å². The molecular formula is C15H26N2O3S. The van der Waals surface area contributed by atoms with Crippen LogP contribution in [-0.2, 0) is 4.79 Å². The molecule has 0 radical (unpaired) electrons. The maximum Gasteiger partial charge on any atom is 0.327 e. The van der Waals surface area contributed by atoms with Crippen molar-refractivity contribution in [3.05, 3.63) is 0 Å². The first-order valence-corrected chi connectivity index (χ1v) is 8.77. The van der Waals surface area contributed by atoms with Crippen molar-refractivity contribution in [1.82, 2.24) is 9.80 Å². The van der Waals surface area contributed by atoms with Gasteiger partial charge in [0.1, 0.15) is 6.04 Å². The molecule has 0 aromatic rings. The number of hydrogen-bond donors (Lipinski definition) is 1. The van der Waals surface area contributed by atoms with Crippen molar-refractivity contribution >= 4 is 23.8 Å². The summed E-state index contributed by atoms with van der Waals surface area (Å²) in [4.78, 5) is 27.6. The van der Waals surface area contributed by atoms with Crippen LogP contribution in [0.3, 0.4) is 0 Å². The van der Waals surface area contributed by atoms with Gasteiger partial charge in [-0.25, -0.2) is 9.59 Å². The quantitative estimate of drug-likeness (QED) is 0.847. The van der Waals surface area contributed by atoms with Gasteiger partial charge in [0.15, 0.2) is 0 Å². The molecule has 0 aromatic heterocycles. The first kappa shape index (κ1) is 16.5. The molecule has 2 rings (SSSR count). The lowest BCUT2D eigenvalue weighted by atomic mass is 10.0. The molecule has 1 aliphatic heterocycles. The van der Waals surface area contributed by atoms with E-state index in [9.17, 15) is 14.7 Å². The van der Waals surface area contributed by atoms with Crippen LogP contribution in [0, 0.1) is 11.8 Å². The Hall–Kier alpha value is -0.910. The van der Waals surface area contributed by atoms with E-state index in [0.717, 1.165) is 19.3 Å². The second-order valence-electron chi connectivity index (χ2n) is 6.69. The van der Waals surface area contributed by atoms with E-state index in [1.807, 2.05) is 6.92 Å². The first-order chi connectivity index (χ1) is 9.82. The number of carbonyl (C=O) groups excluding carboxylic acids is 1. The number of nitrogens with zero attached hydrogens (tertiary/aromatic N) is 2. The number of thioether (sulfide) groups is 1. The molecule has 2 aliphatic rings. The highest BCUT2D eigenvalue weighted by Crippen LogP contribution is 2.45. The van der Waals surface area contributed by atoms with Gasteiger partial charge >= 0.3 is 12.0 Å². The third-order valence-corrected chi connectivity index (χ3v) is 5.80. The van der Waals surface area contributed by atoms with Gasteiger partial charge in [0.25, 0.3) is 0 Å². The highest BCUT2D eigenvalue weighted by molar-refractivity contribution is 8.00. The lowest BCUT2D eigenvalue weighted by Crippen LogP contribution is -2.53. The average molecular weight is 314 g/mol. The monoisotopic (exact) mass is 314 g/mol. The predicted molar refractivity (Wildman–Crippen MR) is 84.3 cm³/mol. The molecule has 21 heavy (non-hydrogen) atoms. The minimum absolute atomic E-state index is 0.0484. The molecule has 1 N–H and O–H groups in total. The van der Waals surface area contributed by atoms with Crippen molar-refractivity contribution < 1.29 is 14.7 Å². The van der Waals surface area contributed by atoms with Crippen LogP contribution in [-0.4, -0.2) is 57.2 Å². The van der Waals surface area contributed by atoms with Gasteiger partial charge in [-0.2, -0.15) is 0 Å².